The highest BCUT2D eigenvalue weighted by atomic mass is 16.2. The first-order valence-corrected chi connectivity index (χ1v) is 10.0. The Labute approximate surface area is 156 Å². The van der Waals surface area contributed by atoms with Gasteiger partial charge in [0.15, 0.2) is 0 Å². The Morgan fingerprint density at radius 1 is 1.00 bits per heavy atom. The third-order valence-electron chi connectivity index (χ3n) is 5.75. The Balaban J connectivity index is 1.32. The van der Waals surface area contributed by atoms with Crippen molar-refractivity contribution in [2.45, 2.75) is 38.5 Å². The molecule has 1 aromatic rings. The maximum Gasteiger partial charge on any atom is 0.253 e. The summed E-state index contributed by atoms with van der Waals surface area (Å²) in [7, 11) is 0. The smallest absolute Gasteiger partial charge is 0.253 e. The zero-order chi connectivity index (χ0) is 18.2. The molecule has 3 rings (SSSR count). The van der Waals surface area contributed by atoms with Gasteiger partial charge in [-0.3, -0.25) is 9.59 Å². The van der Waals surface area contributed by atoms with E-state index >= 15 is 0 Å². The number of rotatable bonds is 6. The molecule has 2 saturated heterocycles. The first-order chi connectivity index (χ1) is 12.7. The van der Waals surface area contributed by atoms with Gasteiger partial charge in [-0.2, -0.15) is 0 Å². The molecule has 0 atom stereocenters. The Kier molecular flexibility index (Phi) is 7.06. The van der Waals surface area contributed by atoms with E-state index in [-0.39, 0.29) is 11.8 Å². The third-order valence-corrected chi connectivity index (χ3v) is 5.75. The van der Waals surface area contributed by atoms with Gasteiger partial charge in [0, 0.05) is 31.6 Å². The second-order valence-electron chi connectivity index (χ2n) is 7.64. The zero-order valence-electron chi connectivity index (χ0n) is 15.6. The van der Waals surface area contributed by atoms with Gasteiger partial charge in [0.1, 0.15) is 0 Å². The maximum absolute atomic E-state index is 12.5. The van der Waals surface area contributed by atoms with Crippen molar-refractivity contribution in [3.05, 3.63) is 35.9 Å². The molecule has 2 amide bonds. The van der Waals surface area contributed by atoms with Gasteiger partial charge in [0.05, 0.1) is 0 Å². The highest BCUT2D eigenvalue weighted by Crippen LogP contribution is 2.20. The van der Waals surface area contributed by atoms with E-state index in [1.54, 1.807) is 0 Å². The van der Waals surface area contributed by atoms with Crippen LogP contribution in [0.2, 0.25) is 0 Å². The van der Waals surface area contributed by atoms with Crippen LogP contribution in [0.1, 0.15) is 48.9 Å². The lowest BCUT2D eigenvalue weighted by Crippen LogP contribution is -2.41. The van der Waals surface area contributed by atoms with Gasteiger partial charge in [0.25, 0.3) is 5.91 Å². The van der Waals surface area contributed by atoms with Gasteiger partial charge in [-0.25, -0.2) is 0 Å². The average molecular weight is 357 g/mol. The van der Waals surface area contributed by atoms with Gasteiger partial charge < -0.3 is 15.5 Å². The molecule has 0 saturated carbocycles. The molecule has 0 radical (unpaired) electrons. The SMILES string of the molecule is O=C(CCC1CCNCC1)NCC1CCN(C(=O)c2ccccc2)CC1. The molecule has 2 aliphatic rings. The molecule has 142 valence electrons. The summed E-state index contributed by atoms with van der Waals surface area (Å²) >= 11 is 0. The predicted octanol–water partition coefficient (Wildman–Crippen LogP) is 2.43. The van der Waals surface area contributed by atoms with E-state index in [4.69, 9.17) is 0 Å². The Morgan fingerprint density at radius 2 is 1.69 bits per heavy atom. The summed E-state index contributed by atoms with van der Waals surface area (Å²) < 4.78 is 0. The van der Waals surface area contributed by atoms with E-state index in [1.165, 1.54) is 12.8 Å². The average Bonchev–Trinajstić information content (AvgIpc) is 2.72. The highest BCUT2D eigenvalue weighted by molar-refractivity contribution is 5.94. The van der Waals surface area contributed by atoms with Crippen molar-refractivity contribution < 1.29 is 9.59 Å². The molecule has 0 spiro atoms. The molecule has 2 fully saturated rings. The van der Waals surface area contributed by atoms with E-state index in [9.17, 15) is 9.59 Å². The zero-order valence-corrected chi connectivity index (χ0v) is 15.6. The van der Waals surface area contributed by atoms with Crippen molar-refractivity contribution in [3.8, 4) is 0 Å². The van der Waals surface area contributed by atoms with Crippen LogP contribution in [-0.2, 0) is 4.79 Å². The molecule has 5 nitrogen and oxygen atoms in total. The van der Waals surface area contributed by atoms with Gasteiger partial charge >= 0.3 is 0 Å². The second-order valence-corrected chi connectivity index (χ2v) is 7.64. The summed E-state index contributed by atoms with van der Waals surface area (Å²) in [4.78, 5) is 26.5. The van der Waals surface area contributed by atoms with Crippen molar-refractivity contribution in [1.82, 2.24) is 15.5 Å². The minimum atomic E-state index is 0.120. The highest BCUT2D eigenvalue weighted by Gasteiger charge is 2.24. The molecule has 0 unspecified atom stereocenters. The molecular weight excluding hydrogens is 326 g/mol. The number of hydrogen-bond donors (Lipinski definition) is 2. The predicted molar refractivity (Wildman–Crippen MR) is 103 cm³/mol. The molecule has 2 N–H and O–H groups in total. The van der Waals surface area contributed by atoms with Gasteiger partial charge in [-0.15, -0.1) is 0 Å². The lowest BCUT2D eigenvalue weighted by molar-refractivity contribution is -0.121. The van der Waals surface area contributed by atoms with Crippen molar-refractivity contribution in [2.24, 2.45) is 11.8 Å². The molecule has 0 bridgehead atoms. The summed E-state index contributed by atoms with van der Waals surface area (Å²) in [6.07, 6.45) is 5.98. The topological polar surface area (TPSA) is 61.4 Å². The van der Waals surface area contributed by atoms with Crippen LogP contribution in [0.4, 0.5) is 0 Å². The summed E-state index contributed by atoms with van der Waals surface area (Å²) in [5.74, 6) is 1.49. The number of amides is 2. The summed E-state index contributed by atoms with van der Waals surface area (Å²) in [5.41, 5.74) is 0.761. The van der Waals surface area contributed by atoms with Crippen LogP contribution in [0.3, 0.4) is 0 Å². The standard InChI is InChI=1S/C21H31N3O2/c25-20(7-6-17-8-12-22-13-9-17)23-16-18-10-14-24(15-11-18)21(26)19-4-2-1-3-5-19/h1-5,17-18,22H,6-16H2,(H,23,25). The Bertz CT molecular complexity index is 576. The van der Waals surface area contributed by atoms with Gasteiger partial charge in [-0.1, -0.05) is 18.2 Å². The van der Waals surface area contributed by atoms with E-state index in [1.807, 2.05) is 35.2 Å². The monoisotopic (exact) mass is 357 g/mol. The third kappa shape index (κ3) is 5.56. The van der Waals surface area contributed by atoms with Crippen LogP contribution in [0.15, 0.2) is 30.3 Å². The van der Waals surface area contributed by atoms with E-state index in [0.29, 0.717) is 18.3 Å². The first-order valence-electron chi connectivity index (χ1n) is 10.0. The Morgan fingerprint density at radius 3 is 2.38 bits per heavy atom. The van der Waals surface area contributed by atoms with Crippen molar-refractivity contribution in [2.75, 3.05) is 32.7 Å². The van der Waals surface area contributed by atoms with Crippen LogP contribution in [0, 0.1) is 11.8 Å². The fraction of sp³-hybridized carbons (Fsp3) is 0.619. The second kappa shape index (κ2) is 9.72. The fourth-order valence-electron chi connectivity index (χ4n) is 3.96. The number of carbonyl (C=O) groups excluding carboxylic acids is 2. The van der Waals surface area contributed by atoms with Crippen LogP contribution in [0.5, 0.6) is 0 Å². The van der Waals surface area contributed by atoms with Crippen molar-refractivity contribution in [3.63, 3.8) is 0 Å². The quantitative estimate of drug-likeness (QED) is 0.822. The van der Waals surface area contributed by atoms with E-state index in [2.05, 4.69) is 10.6 Å². The van der Waals surface area contributed by atoms with Gasteiger partial charge in [-0.05, 0) is 69.2 Å². The minimum Gasteiger partial charge on any atom is -0.356 e. The number of carbonyl (C=O) groups is 2. The minimum absolute atomic E-state index is 0.120. The maximum atomic E-state index is 12.5. The molecule has 2 heterocycles. The molecule has 2 aliphatic heterocycles. The number of likely N-dealkylation sites (tertiary alicyclic amines) is 1. The molecule has 0 aromatic heterocycles. The van der Waals surface area contributed by atoms with Crippen molar-refractivity contribution in [1.29, 1.82) is 0 Å². The molecule has 5 heteroatoms. The summed E-state index contributed by atoms with van der Waals surface area (Å²) in [6.45, 7) is 4.49. The summed E-state index contributed by atoms with van der Waals surface area (Å²) in [6, 6.07) is 9.48. The normalized spacial score (nSPS) is 19.3. The molecule has 26 heavy (non-hydrogen) atoms. The van der Waals surface area contributed by atoms with E-state index < -0.39 is 0 Å². The lowest BCUT2D eigenvalue weighted by Gasteiger charge is -2.32. The lowest BCUT2D eigenvalue weighted by atomic mass is 9.93. The molecule has 0 aliphatic carbocycles. The van der Waals surface area contributed by atoms with Crippen LogP contribution in [0.25, 0.3) is 0 Å². The Hall–Kier alpha value is -1.88. The van der Waals surface area contributed by atoms with E-state index in [0.717, 1.165) is 57.5 Å². The number of benzene rings is 1. The number of nitrogens with zero attached hydrogens (tertiary/aromatic N) is 1. The van der Waals surface area contributed by atoms with Crippen LogP contribution in [-0.4, -0.2) is 49.4 Å². The summed E-state index contributed by atoms with van der Waals surface area (Å²) in [5, 5.41) is 6.47. The van der Waals surface area contributed by atoms with Crippen LogP contribution < -0.4 is 10.6 Å². The molecule has 1 aromatic carbocycles. The number of nitrogens with one attached hydrogen (secondary N) is 2. The first kappa shape index (κ1) is 18.9. The number of hydrogen-bond acceptors (Lipinski definition) is 3. The van der Waals surface area contributed by atoms with Gasteiger partial charge in [0.2, 0.25) is 5.91 Å². The number of piperidine rings is 2. The van der Waals surface area contributed by atoms with Crippen LogP contribution >= 0.6 is 0 Å². The largest absolute Gasteiger partial charge is 0.356 e. The van der Waals surface area contributed by atoms with Crippen molar-refractivity contribution >= 4 is 11.8 Å². The fourth-order valence-corrected chi connectivity index (χ4v) is 3.96. The molecular formula is C21H31N3O2.